The molecule has 90 valence electrons. The molecule has 1 aromatic carbocycles. The average molecular weight is 242 g/mol. The number of nitrogens with one attached hydrogen (secondary N) is 1. The van der Waals surface area contributed by atoms with Gasteiger partial charge < -0.3 is 10.4 Å². The van der Waals surface area contributed by atoms with Gasteiger partial charge in [-0.1, -0.05) is 24.9 Å². The molecule has 0 saturated carbocycles. The molecule has 2 nitrogen and oxygen atoms in total. The van der Waals surface area contributed by atoms with Crippen molar-refractivity contribution < 1.29 is 5.11 Å². The lowest BCUT2D eigenvalue weighted by Gasteiger charge is -2.14. The Labute approximate surface area is 103 Å². The summed E-state index contributed by atoms with van der Waals surface area (Å²) in [5, 5.41) is 13.9. The number of hydrogen-bond donors (Lipinski definition) is 2. The smallest absolute Gasteiger partial charge is 0.123 e. The highest BCUT2D eigenvalue weighted by Gasteiger charge is 2.07. The molecular weight excluding hydrogens is 222 g/mol. The number of rotatable bonds is 5. The topological polar surface area (TPSA) is 32.3 Å². The first-order valence-electron chi connectivity index (χ1n) is 5.76. The van der Waals surface area contributed by atoms with Gasteiger partial charge in [0.05, 0.1) is 0 Å². The van der Waals surface area contributed by atoms with Crippen molar-refractivity contribution in [2.75, 3.05) is 0 Å². The van der Waals surface area contributed by atoms with Gasteiger partial charge in [-0.2, -0.15) is 0 Å². The molecule has 16 heavy (non-hydrogen) atoms. The minimum Gasteiger partial charge on any atom is -0.507 e. The normalized spacial score (nSPS) is 12.8. The summed E-state index contributed by atoms with van der Waals surface area (Å²) in [4.78, 5) is 0. The first-order valence-corrected chi connectivity index (χ1v) is 6.13. The van der Waals surface area contributed by atoms with E-state index in [1.807, 2.05) is 13.0 Å². The summed E-state index contributed by atoms with van der Waals surface area (Å²) >= 11 is 5.96. The van der Waals surface area contributed by atoms with Gasteiger partial charge in [-0.15, -0.1) is 0 Å². The molecule has 1 unspecified atom stereocenters. The van der Waals surface area contributed by atoms with Gasteiger partial charge in [0, 0.05) is 23.2 Å². The molecule has 0 aliphatic carbocycles. The second-order valence-electron chi connectivity index (χ2n) is 4.30. The number of hydrogen-bond acceptors (Lipinski definition) is 2. The number of aromatic hydroxyl groups is 1. The molecule has 1 aromatic rings. The van der Waals surface area contributed by atoms with Crippen molar-refractivity contribution in [1.29, 1.82) is 0 Å². The third-order valence-corrected chi connectivity index (χ3v) is 2.93. The van der Waals surface area contributed by atoms with Gasteiger partial charge in [-0.3, -0.25) is 0 Å². The van der Waals surface area contributed by atoms with E-state index in [9.17, 15) is 5.11 Å². The fourth-order valence-electron chi connectivity index (χ4n) is 1.76. The molecule has 0 heterocycles. The van der Waals surface area contributed by atoms with Crippen molar-refractivity contribution >= 4 is 11.6 Å². The van der Waals surface area contributed by atoms with Gasteiger partial charge in [0.2, 0.25) is 0 Å². The lowest BCUT2D eigenvalue weighted by Crippen LogP contribution is -2.25. The number of phenolic OH excluding ortho intramolecular Hbond substituents is 1. The van der Waals surface area contributed by atoms with Gasteiger partial charge >= 0.3 is 0 Å². The fraction of sp³-hybridized carbons (Fsp3) is 0.538. The third-order valence-electron chi connectivity index (χ3n) is 2.71. The van der Waals surface area contributed by atoms with Gasteiger partial charge in [-0.25, -0.2) is 0 Å². The molecule has 0 fully saturated rings. The maximum Gasteiger partial charge on any atom is 0.123 e. The highest BCUT2D eigenvalue weighted by Crippen LogP contribution is 2.26. The largest absolute Gasteiger partial charge is 0.507 e. The molecular formula is C13H20ClNO. The van der Waals surface area contributed by atoms with Crippen molar-refractivity contribution in [3.63, 3.8) is 0 Å². The number of aryl methyl sites for hydroxylation is 1. The number of benzene rings is 1. The molecule has 0 aliphatic rings. The number of phenols is 1. The van der Waals surface area contributed by atoms with Crippen LogP contribution in [0.5, 0.6) is 5.75 Å². The van der Waals surface area contributed by atoms with Gasteiger partial charge in [0.15, 0.2) is 0 Å². The lowest BCUT2D eigenvalue weighted by atomic mass is 10.1. The van der Waals surface area contributed by atoms with Crippen LogP contribution < -0.4 is 5.32 Å². The molecule has 0 saturated heterocycles. The van der Waals surface area contributed by atoms with E-state index in [1.54, 1.807) is 6.07 Å². The van der Waals surface area contributed by atoms with Crippen molar-refractivity contribution in [3.05, 3.63) is 28.3 Å². The zero-order chi connectivity index (χ0) is 12.1. The second-order valence-corrected chi connectivity index (χ2v) is 4.74. The Hall–Kier alpha value is -0.730. The summed E-state index contributed by atoms with van der Waals surface area (Å²) < 4.78 is 0. The summed E-state index contributed by atoms with van der Waals surface area (Å²) in [7, 11) is 0. The van der Waals surface area contributed by atoms with E-state index in [0.717, 1.165) is 24.0 Å². The van der Waals surface area contributed by atoms with Crippen LogP contribution in [0.25, 0.3) is 0 Å². The fourth-order valence-corrected chi connectivity index (χ4v) is 2.05. The van der Waals surface area contributed by atoms with Crippen LogP contribution in [-0.4, -0.2) is 11.1 Å². The Morgan fingerprint density at radius 3 is 2.75 bits per heavy atom. The Bertz CT molecular complexity index is 352. The molecule has 2 N–H and O–H groups in total. The van der Waals surface area contributed by atoms with Crippen LogP contribution in [-0.2, 0) is 6.54 Å². The first kappa shape index (κ1) is 13.3. The molecule has 0 aliphatic heterocycles. The zero-order valence-electron chi connectivity index (χ0n) is 10.2. The Morgan fingerprint density at radius 1 is 1.44 bits per heavy atom. The predicted molar refractivity (Wildman–Crippen MR) is 69.1 cm³/mol. The molecule has 3 heteroatoms. The monoisotopic (exact) mass is 241 g/mol. The van der Waals surface area contributed by atoms with Crippen molar-refractivity contribution in [3.8, 4) is 5.75 Å². The summed E-state index contributed by atoms with van der Waals surface area (Å²) in [6, 6.07) is 4.05. The van der Waals surface area contributed by atoms with Crippen LogP contribution >= 0.6 is 11.6 Å². The van der Waals surface area contributed by atoms with Gasteiger partial charge in [0.25, 0.3) is 0 Å². The standard InChI is InChI=1S/C13H20ClNO/c1-4-5-10(3)15-8-11-7-12(14)6-9(2)13(11)16/h6-7,10,15-16H,4-5,8H2,1-3H3. The number of halogens is 1. The molecule has 1 rings (SSSR count). The van der Waals surface area contributed by atoms with E-state index in [2.05, 4.69) is 19.2 Å². The van der Waals surface area contributed by atoms with Crippen LogP contribution in [0.4, 0.5) is 0 Å². The Morgan fingerprint density at radius 2 is 2.12 bits per heavy atom. The maximum atomic E-state index is 9.87. The van der Waals surface area contributed by atoms with E-state index in [-0.39, 0.29) is 0 Å². The minimum absolute atomic E-state index is 0.348. The molecule has 0 bridgehead atoms. The zero-order valence-corrected chi connectivity index (χ0v) is 10.9. The van der Waals surface area contributed by atoms with E-state index in [4.69, 9.17) is 11.6 Å². The Kier molecular flexibility index (Phi) is 5.10. The predicted octanol–water partition coefficient (Wildman–Crippen LogP) is 3.63. The summed E-state index contributed by atoms with van der Waals surface area (Å²) in [5.41, 5.74) is 1.69. The maximum absolute atomic E-state index is 9.87. The average Bonchev–Trinajstić information content (AvgIpc) is 2.21. The van der Waals surface area contributed by atoms with Crippen molar-refractivity contribution in [2.45, 2.75) is 46.2 Å². The van der Waals surface area contributed by atoms with Gasteiger partial charge in [-0.05, 0) is 38.0 Å². The molecule has 1 atom stereocenters. The van der Waals surface area contributed by atoms with Crippen LogP contribution in [0, 0.1) is 6.92 Å². The quantitative estimate of drug-likeness (QED) is 0.825. The van der Waals surface area contributed by atoms with Crippen LogP contribution in [0.15, 0.2) is 12.1 Å². The summed E-state index contributed by atoms with van der Waals surface area (Å²) in [5.74, 6) is 0.348. The molecule has 0 radical (unpaired) electrons. The Balaban J connectivity index is 2.66. The molecule has 0 aromatic heterocycles. The van der Waals surface area contributed by atoms with E-state index < -0.39 is 0 Å². The molecule has 0 amide bonds. The SMILES string of the molecule is CCCC(C)NCc1cc(Cl)cc(C)c1O. The second kappa shape index (κ2) is 6.12. The van der Waals surface area contributed by atoms with E-state index in [0.29, 0.717) is 23.4 Å². The molecule has 0 spiro atoms. The van der Waals surface area contributed by atoms with Crippen molar-refractivity contribution in [2.24, 2.45) is 0 Å². The third kappa shape index (κ3) is 3.69. The van der Waals surface area contributed by atoms with E-state index in [1.165, 1.54) is 0 Å². The van der Waals surface area contributed by atoms with Crippen LogP contribution in [0.3, 0.4) is 0 Å². The summed E-state index contributed by atoms with van der Waals surface area (Å²) in [6.45, 7) is 6.84. The highest BCUT2D eigenvalue weighted by atomic mass is 35.5. The first-order chi connectivity index (χ1) is 7.54. The van der Waals surface area contributed by atoms with Crippen LogP contribution in [0.1, 0.15) is 37.8 Å². The van der Waals surface area contributed by atoms with Crippen molar-refractivity contribution in [1.82, 2.24) is 5.32 Å². The lowest BCUT2D eigenvalue weighted by molar-refractivity contribution is 0.451. The minimum atomic E-state index is 0.348. The van der Waals surface area contributed by atoms with Crippen LogP contribution in [0.2, 0.25) is 5.02 Å². The van der Waals surface area contributed by atoms with E-state index >= 15 is 0 Å². The summed E-state index contributed by atoms with van der Waals surface area (Å²) in [6.07, 6.45) is 2.30. The highest BCUT2D eigenvalue weighted by molar-refractivity contribution is 6.30. The van der Waals surface area contributed by atoms with Gasteiger partial charge in [0.1, 0.15) is 5.75 Å².